The molecule has 2 aromatic heterocycles. The molecule has 3 rings (SSSR count). The fourth-order valence-electron chi connectivity index (χ4n) is 3.16. The quantitative estimate of drug-likeness (QED) is 0.689. The second kappa shape index (κ2) is 8.26. The first-order valence-electron chi connectivity index (χ1n) is 9.05. The number of anilines is 2. The number of rotatable bonds is 5. The molecule has 0 unspecified atom stereocenters. The molecule has 4 N–H and O–H groups in total. The van der Waals surface area contributed by atoms with Crippen molar-refractivity contribution in [3.63, 3.8) is 0 Å². The van der Waals surface area contributed by atoms with E-state index in [1.165, 1.54) is 0 Å². The third-order valence-electron chi connectivity index (χ3n) is 4.42. The van der Waals surface area contributed by atoms with Crippen molar-refractivity contribution in [2.45, 2.75) is 38.8 Å². The number of carbonyl (C=O) groups excluding carboxylic acids is 1. The Hall–Kier alpha value is -2.81. The molecule has 3 heterocycles. The molecule has 1 aliphatic rings. The molecule has 0 bridgehead atoms. The molecule has 27 heavy (non-hydrogen) atoms. The number of aliphatic hydroxyl groups excluding tert-OH is 1. The number of β-amino-alcohol motifs (C(OH)–C–C–N with tert-alkyl or cyclic N) is 1. The van der Waals surface area contributed by atoms with E-state index in [9.17, 15) is 9.90 Å². The zero-order chi connectivity index (χ0) is 19.4. The second-order valence-electron chi connectivity index (χ2n) is 7.15. The molecule has 0 aromatic carbocycles. The number of nitrogens with two attached hydrogens (primary N) is 1. The fourth-order valence-corrected chi connectivity index (χ4v) is 3.16. The summed E-state index contributed by atoms with van der Waals surface area (Å²) >= 11 is 0. The lowest BCUT2D eigenvalue weighted by Gasteiger charge is -2.36. The van der Waals surface area contributed by atoms with Gasteiger partial charge >= 0.3 is 0 Å². The van der Waals surface area contributed by atoms with Crippen LogP contribution in [-0.2, 0) is 6.42 Å². The number of piperidine rings is 1. The number of hydrogen-bond donors (Lipinski definition) is 3. The molecule has 9 nitrogen and oxygen atoms in total. The van der Waals surface area contributed by atoms with Crippen LogP contribution in [-0.4, -0.2) is 56.2 Å². The SMILES string of the molecule is CC(C)Cc1cc(C(=O)N[C@H]2CCN(c3cnccn3)C[C@@H]2O)nc(N)n1. The van der Waals surface area contributed by atoms with Gasteiger partial charge < -0.3 is 21.1 Å². The van der Waals surface area contributed by atoms with Crippen molar-refractivity contribution in [3.8, 4) is 0 Å². The van der Waals surface area contributed by atoms with E-state index in [1.807, 2.05) is 4.90 Å². The van der Waals surface area contributed by atoms with Gasteiger partial charge in [-0.3, -0.25) is 9.78 Å². The third-order valence-corrected chi connectivity index (χ3v) is 4.42. The zero-order valence-corrected chi connectivity index (χ0v) is 15.5. The first-order valence-corrected chi connectivity index (χ1v) is 9.05. The summed E-state index contributed by atoms with van der Waals surface area (Å²) < 4.78 is 0. The molecule has 0 radical (unpaired) electrons. The van der Waals surface area contributed by atoms with Crippen molar-refractivity contribution >= 4 is 17.7 Å². The summed E-state index contributed by atoms with van der Waals surface area (Å²) in [5, 5.41) is 13.3. The van der Waals surface area contributed by atoms with Crippen LogP contribution in [0.25, 0.3) is 0 Å². The number of nitrogens with one attached hydrogen (secondary N) is 1. The zero-order valence-electron chi connectivity index (χ0n) is 15.5. The average Bonchev–Trinajstić information content (AvgIpc) is 2.63. The summed E-state index contributed by atoms with van der Waals surface area (Å²) in [4.78, 5) is 31.1. The lowest BCUT2D eigenvalue weighted by Crippen LogP contribution is -2.54. The highest BCUT2D eigenvalue weighted by molar-refractivity contribution is 5.92. The number of carbonyl (C=O) groups is 1. The van der Waals surface area contributed by atoms with E-state index < -0.39 is 6.10 Å². The van der Waals surface area contributed by atoms with Crippen LogP contribution in [0, 0.1) is 5.92 Å². The van der Waals surface area contributed by atoms with Gasteiger partial charge in [-0.15, -0.1) is 0 Å². The Morgan fingerprint density at radius 1 is 1.41 bits per heavy atom. The molecule has 1 saturated heterocycles. The predicted octanol–water partition coefficient (Wildman–Crippen LogP) is 0.417. The van der Waals surface area contributed by atoms with Crippen LogP contribution in [0.1, 0.15) is 36.5 Å². The van der Waals surface area contributed by atoms with Gasteiger partial charge in [-0.05, 0) is 24.8 Å². The Labute approximate surface area is 158 Å². The van der Waals surface area contributed by atoms with Gasteiger partial charge in [0, 0.05) is 31.2 Å². The Bertz CT molecular complexity index is 785. The van der Waals surface area contributed by atoms with Gasteiger partial charge in [-0.2, -0.15) is 0 Å². The maximum absolute atomic E-state index is 12.6. The number of aromatic nitrogens is 4. The van der Waals surface area contributed by atoms with Crippen LogP contribution in [0.2, 0.25) is 0 Å². The minimum atomic E-state index is -0.723. The lowest BCUT2D eigenvalue weighted by molar-refractivity contribution is 0.0793. The molecule has 2 atom stereocenters. The summed E-state index contributed by atoms with van der Waals surface area (Å²) in [5.41, 5.74) is 6.71. The Morgan fingerprint density at radius 3 is 2.89 bits per heavy atom. The summed E-state index contributed by atoms with van der Waals surface area (Å²) in [7, 11) is 0. The molecule has 9 heteroatoms. The topological polar surface area (TPSA) is 130 Å². The predicted molar refractivity (Wildman–Crippen MR) is 101 cm³/mol. The maximum Gasteiger partial charge on any atom is 0.270 e. The summed E-state index contributed by atoms with van der Waals surface area (Å²) in [5.74, 6) is 0.827. The number of hydrogen-bond acceptors (Lipinski definition) is 8. The Morgan fingerprint density at radius 2 is 2.22 bits per heavy atom. The summed E-state index contributed by atoms with van der Waals surface area (Å²) in [6.07, 6.45) is 5.46. The minimum Gasteiger partial charge on any atom is -0.389 e. The van der Waals surface area contributed by atoms with E-state index in [0.717, 1.165) is 5.69 Å². The monoisotopic (exact) mass is 371 g/mol. The van der Waals surface area contributed by atoms with Crippen LogP contribution in [0.5, 0.6) is 0 Å². The molecule has 0 spiro atoms. The maximum atomic E-state index is 12.6. The van der Waals surface area contributed by atoms with E-state index >= 15 is 0 Å². The molecular formula is C18H25N7O2. The van der Waals surface area contributed by atoms with Crippen molar-refractivity contribution < 1.29 is 9.90 Å². The largest absolute Gasteiger partial charge is 0.389 e. The highest BCUT2D eigenvalue weighted by atomic mass is 16.3. The fraction of sp³-hybridized carbons (Fsp3) is 0.500. The van der Waals surface area contributed by atoms with Crippen molar-refractivity contribution in [1.29, 1.82) is 0 Å². The van der Waals surface area contributed by atoms with Crippen LogP contribution in [0.15, 0.2) is 24.7 Å². The first kappa shape index (κ1) is 19.0. The minimum absolute atomic E-state index is 0.0799. The first-order chi connectivity index (χ1) is 12.9. The number of nitrogen functional groups attached to an aromatic ring is 1. The van der Waals surface area contributed by atoms with Gasteiger partial charge in [0.2, 0.25) is 5.95 Å². The lowest BCUT2D eigenvalue weighted by atomic mass is 10.0. The van der Waals surface area contributed by atoms with Crippen LogP contribution >= 0.6 is 0 Å². The molecule has 0 saturated carbocycles. The van der Waals surface area contributed by atoms with E-state index in [4.69, 9.17) is 5.73 Å². The molecule has 1 aliphatic heterocycles. The molecule has 2 aromatic rings. The Balaban J connectivity index is 1.64. The van der Waals surface area contributed by atoms with Crippen molar-refractivity contribution in [3.05, 3.63) is 36.0 Å². The molecular weight excluding hydrogens is 346 g/mol. The van der Waals surface area contributed by atoms with Gasteiger partial charge in [-0.25, -0.2) is 15.0 Å². The highest BCUT2D eigenvalue weighted by Crippen LogP contribution is 2.18. The third kappa shape index (κ3) is 4.88. The van der Waals surface area contributed by atoms with Gasteiger partial charge in [-0.1, -0.05) is 13.8 Å². The number of nitrogens with zero attached hydrogens (tertiary/aromatic N) is 5. The van der Waals surface area contributed by atoms with E-state index in [0.29, 0.717) is 37.7 Å². The molecule has 144 valence electrons. The van der Waals surface area contributed by atoms with Crippen molar-refractivity contribution in [1.82, 2.24) is 25.3 Å². The second-order valence-corrected chi connectivity index (χ2v) is 7.15. The molecule has 1 amide bonds. The van der Waals surface area contributed by atoms with Gasteiger partial charge in [0.1, 0.15) is 11.5 Å². The van der Waals surface area contributed by atoms with Gasteiger partial charge in [0.05, 0.1) is 18.3 Å². The van der Waals surface area contributed by atoms with Gasteiger partial charge in [0.15, 0.2) is 0 Å². The van der Waals surface area contributed by atoms with Crippen LogP contribution in [0.3, 0.4) is 0 Å². The summed E-state index contributed by atoms with van der Waals surface area (Å²) in [6.45, 7) is 5.16. The van der Waals surface area contributed by atoms with Crippen molar-refractivity contribution in [2.75, 3.05) is 23.7 Å². The van der Waals surface area contributed by atoms with Crippen LogP contribution < -0.4 is 16.0 Å². The Kier molecular flexibility index (Phi) is 5.80. The summed E-state index contributed by atoms with van der Waals surface area (Å²) in [6, 6.07) is 1.29. The van der Waals surface area contributed by atoms with Crippen LogP contribution in [0.4, 0.5) is 11.8 Å². The van der Waals surface area contributed by atoms with Gasteiger partial charge in [0.25, 0.3) is 5.91 Å². The molecule has 0 aliphatic carbocycles. The average molecular weight is 371 g/mol. The van der Waals surface area contributed by atoms with Crippen molar-refractivity contribution in [2.24, 2.45) is 5.92 Å². The highest BCUT2D eigenvalue weighted by Gasteiger charge is 2.30. The normalized spacial score (nSPS) is 19.9. The van der Waals surface area contributed by atoms with E-state index in [2.05, 4.69) is 39.1 Å². The number of aliphatic hydroxyl groups is 1. The molecule has 1 fully saturated rings. The van der Waals surface area contributed by atoms with E-state index in [1.54, 1.807) is 24.7 Å². The van der Waals surface area contributed by atoms with E-state index in [-0.39, 0.29) is 23.6 Å². The number of amides is 1. The standard InChI is InChI=1S/C18H25N7O2/c1-11(2)7-12-8-14(24-18(19)22-12)17(27)23-13-3-6-25(10-15(13)26)16-9-20-4-5-21-16/h4-5,8-9,11,13,15,26H,3,6-7,10H2,1-2H3,(H,23,27)(H2,19,22,24)/t13-,15-/m0/s1. The smallest absolute Gasteiger partial charge is 0.270 e.